The number of guanidine groups is 1. The number of hydrogen-bond acceptors (Lipinski definition) is 2. The molecular formula is C13H29IN4. The van der Waals surface area contributed by atoms with E-state index in [1.54, 1.807) is 0 Å². The second-order valence-corrected chi connectivity index (χ2v) is 4.91. The zero-order valence-electron chi connectivity index (χ0n) is 12.0. The van der Waals surface area contributed by atoms with Gasteiger partial charge < -0.3 is 15.5 Å². The van der Waals surface area contributed by atoms with Crippen molar-refractivity contribution >= 4 is 29.9 Å². The molecule has 1 fully saturated rings. The van der Waals surface area contributed by atoms with Gasteiger partial charge in [0.1, 0.15) is 0 Å². The Morgan fingerprint density at radius 2 is 1.94 bits per heavy atom. The summed E-state index contributed by atoms with van der Waals surface area (Å²) in [6, 6.07) is 0. The predicted octanol–water partition coefficient (Wildman–Crippen LogP) is 1.91. The monoisotopic (exact) mass is 368 g/mol. The summed E-state index contributed by atoms with van der Waals surface area (Å²) in [4.78, 5) is 6.73. The van der Waals surface area contributed by atoms with Gasteiger partial charge in [0.15, 0.2) is 5.96 Å². The molecule has 1 aliphatic heterocycles. The largest absolute Gasteiger partial charge is 0.357 e. The Kier molecular flexibility index (Phi) is 10.8. The number of halogens is 1. The zero-order chi connectivity index (χ0) is 12.5. The van der Waals surface area contributed by atoms with E-state index in [0.717, 1.165) is 25.0 Å². The van der Waals surface area contributed by atoms with Gasteiger partial charge in [-0.1, -0.05) is 6.92 Å². The summed E-state index contributed by atoms with van der Waals surface area (Å²) in [6.07, 6.45) is 3.93. The van der Waals surface area contributed by atoms with Gasteiger partial charge in [0.25, 0.3) is 0 Å². The fraction of sp³-hybridized carbons (Fsp3) is 0.923. The molecule has 0 aliphatic carbocycles. The number of hydrogen-bond donors (Lipinski definition) is 2. The van der Waals surface area contributed by atoms with Crippen molar-refractivity contribution in [1.82, 2.24) is 15.5 Å². The van der Waals surface area contributed by atoms with E-state index in [4.69, 9.17) is 0 Å². The van der Waals surface area contributed by atoms with Crippen LogP contribution in [0.1, 0.15) is 33.1 Å². The van der Waals surface area contributed by atoms with E-state index < -0.39 is 0 Å². The molecule has 0 unspecified atom stereocenters. The van der Waals surface area contributed by atoms with Crippen molar-refractivity contribution in [2.75, 3.05) is 39.8 Å². The molecule has 1 heterocycles. The summed E-state index contributed by atoms with van der Waals surface area (Å²) < 4.78 is 0. The minimum absolute atomic E-state index is 0. The molecule has 0 aromatic carbocycles. The van der Waals surface area contributed by atoms with Crippen molar-refractivity contribution in [3.05, 3.63) is 0 Å². The normalized spacial score (nSPS) is 18.3. The van der Waals surface area contributed by atoms with Crippen molar-refractivity contribution in [3.8, 4) is 0 Å². The topological polar surface area (TPSA) is 39.7 Å². The molecule has 2 N–H and O–H groups in total. The molecule has 1 saturated heterocycles. The van der Waals surface area contributed by atoms with Crippen molar-refractivity contribution in [1.29, 1.82) is 0 Å². The van der Waals surface area contributed by atoms with Crippen LogP contribution in [0.3, 0.4) is 0 Å². The summed E-state index contributed by atoms with van der Waals surface area (Å²) in [6.45, 7) is 10.1. The lowest BCUT2D eigenvalue weighted by molar-refractivity contribution is 0.191. The van der Waals surface area contributed by atoms with Crippen LogP contribution in [0.2, 0.25) is 0 Å². The summed E-state index contributed by atoms with van der Waals surface area (Å²) in [7, 11) is 1.82. The number of aliphatic imine (C=N–C) groups is 1. The summed E-state index contributed by atoms with van der Waals surface area (Å²) in [5.74, 6) is 1.84. The van der Waals surface area contributed by atoms with Crippen molar-refractivity contribution in [3.63, 3.8) is 0 Å². The zero-order valence-corrected chi connectivity index (χ0v) is 14.4. The highest BCUT2D eigenvalue weighted by Gasteiger charge is 2.14. The van der Waals surface area contributed by atoms with Crippen LogP contribution in [0.15, 0.2) is 4.99 Å². The molecule has 1 aliphatic rings. The molecule has 0 atom stereocenters. The van der Waals surface area contributed by atoms with E-state index in [9.17, 15) is 0 Å². The lowest BCUT2D eigenvalue weighted by atomic mass is 9.99. The molecule has 0 spiro atoms. The number of likely N-dealkylation sites (tertiary alicyclic amines) is 1. The first kappa shape index (κ1) is 18.0. The van der Waals surface area contributed by atoms with Crippen LogP contribution in [0.4, 0.5) is 0 Å². The van der Waals surface area contributed by atoms with Gasteiger partial charge in [0.2, 0.25) is 0 Å². The molecule has 0 aromatic heterocycles. The number of piperidine rings is 1. The van der Waals surface area contributed by atoms with Crippen LogP contribution in [0.5, 0.6) is 0 Å². The van der Waals surface area contributed by atoms with Gasteiger partial charge in [-0.05, 0) is 51.7 Å². The fourth-order valence-corrected chi connectivity index (χ4v) is 2.18. The molecule has 18 heavy (non-hydrogen) atoms. The average molecular weight is 368 g/mol. The van der Waals surface area contributed by atoms with Crippen molar-refractivity contribution in [2.24, 2.45) is 10.9 Å². The highest BCUT2D eigenvalue weighted by molar-refractivity contribution is 14.0. The molecule has 0 bridgehead atoms. The minimum Gasteiger partial charge on any atom is -0.357 e. The Bertz CT molecular complexity index is 225. The van der Waals surface area contributed by atoms with Crippen LogP contribution in [0.25, 0.3) is 0 Å². The summed E-state index contributed by atoms with van der Waals surface area (Å²) >= 11 is 0. The van der Waals surface area contributed by atoms with Gasteiger partial charge in [-0.15, -0.1) is 24.0 Å². The Morgan fingerprint density at radius 1 is 1.28 bits per heavy atom. The quantitative estimate of drug-likeness (QED) is 0.337. The van der Waals surface area contributed by atoms with E-state index in [2.05, 4.69) is 34.4 Å². The third-order valence-electron chi connectivity index (χ3n) is 3.39. The van der Waals surface area contributed by atoms with Gasteiger partial charge in [-0.3, -0.25) is 4.99 Å². The van der Waals surface area contributed by atoms with Crippen LogP contribution in [-0.4, -0.2) is 50.6 Å². The lowest BCUT2D eigenvalue weighted by Crippen LogP contribution is -2.39. The van der Waals surface area contributed by atoms with Crippen LogP contribution < -0.4 is 10.6 Å². The summed E-state index contributed by atoms with van der Waals surface area (Å²) in [5, 5.41) is 6.53. The van der Waals surface area contributed by atoms with Gasteiger partial charge in [-0.2, -0.15) is 0 Å². The van der Waals surface area contributed by atoms with E-state index in [1.165, 1.54) is 38.9 Å². The van der Waals surface area contributed by atoms with Gasteiger partial charge in [-0.25, -0.2) is 0 Å². The standard InChI is InChI=1S/C13H28N4.HI/c1-4-15-13(14-3)16-8-5-9-17-10-6-12(2)7-11-17;/h12H,4-11H2,1-3H3,(H2,14,15,16);1H. The van der Waals surface area contributed by atoms with Gasteiger partial charge >= 0.3 is 0 Å². The average Bonchev–Trinajstić information content (AvgIpc) is 2.35. The first-order chi connectivity index (χ1) is 8.26. The maximum atomic E-state index is 4.15. The Hall–Kier alpha value is -0.0400. The van der Waals surface area contributed by atoms with Crippen LogP contribution in [-0.2, 0) is 0 Å². The number of nitrogens with zero attached hydrogens (tertiary/aromatic N) is 2. The van der Waals surface area contributed by atoms with Gasteiger partial charge in [0.05, 0.1) is 0 Å². The fourth-order valence-electron chi connectivity index (χ4n) is 2.18. The number of nitrogens with one attached hydrogen (secondary N) is 2. The molecule has 1 rings (SSSR count). The molecule has 0 aromatic rings. The highest BCUT2D eigenvalue weighted by atomic mass is 127. The molecule has 0 amide bonds. The van der Waals surface area contributed by atoms with Crippen molar-refractivity contribution < 1.29 is 0 Å². The van der Waals surface area contributed by atoms with Gasteiger partial charge in [0, 0.05) is 20.1 Å². The molecule has 108 valence electrons. The second kappa shape index (κ2) is 10.8. The smallest absolute Gasteiger partial charge is 0.190 e. The SMILES string of the molecule is CCNC(=NC)NCCCN1CCC(C)CC1.I. The molecule has 4 nitrogen and oxygen atoms in total. The molecular weight excluding hydrogens is 339 g/mol. The Balaban J connectivity index is 0.00000289. The Labute approximate surface area is 129 Å². The van der Waals surface area contributed by atoms with E-state index in [-0.39, 0.29) is 24.0 Å². The lowest BCUT2D eigenvalue weighted by Gasteiger charge is -2.30. The maximum Gasteiger partial charge on any atom is 0.190 e. The van der Waals surface area contributed by atoms with E-state index >= 15 is 0 Å². The molecule has 0 radical (unpaired) electrons. The predicted molar refractivity (Wildman–Crippen MR) is 89.9 cm³/mol. The van der Waals surface area contributed by atoms with E-state index in [0.29, 0.717) is 0 Å². The van der Waals surface area contributed by atoms with E-state index in [1.807, 2.05) is 7.05 Å². The highest BCUT2D eigenvalue weighted by Crippen LogP contribution is 2.15. The second-order valence-electron chi connectivity index (χ2n) is 4.91. The molecule has 5 heteroatoms. The third-order valence-corrected chi connectivity index (χ3v) is 3.39. The van der Waals surface area contributed by atoms with Crippen LogP contribution in [0, 0.1) is 5.92 Å². The maximum absolute atomic E-state index is 4.15. The summed E-state index contributed by atoms with van der Waals surface area (Å²) in [5.41, 5.74) is 0. The molecule has 0 saturated carbocycles. The number of rotatable bonds is 5. The van der Waals surface area contributed by atoms with Crippen molar-refractivity contribution in [2.45, 2.75) is 33.1 Å². The van der Waals surface area contributed by atoms with Crippen LogP contribution >= 0.6 is 24.0 Å². The Morgan fingerprint density at radius 3 is 2.50 bits per heavy atom. The first-order valence-electron chi connectivity index (χ1n) is 6.93. The minimum atomic E-state index is 0. The first-order valence-corrected chi connectivity index (χ1v) is 6.93. The third kappa shape index (κ3) is 7.41.